The van der Waals surface area contributed by atoms with E-state index in [0.717, 1.165) is 24.5 Å². The van der Waals surface area contributed by atoms with E-state index in [1.807, 2.05) is 43.6 Å². The van der Waals surface area contributed by atoms with Crippen molar-refractivity contribution >= 4 is 0 Å². The van der Waals surface area contributed by atoms with Gasteiger partial charge in [-0.1, -0.05) is 6.92 Å². The molecule has 3 nitrogen and oxygen atoms in total. The number of aryl methyl sites for hydroxylation is 1. The van der Waals surface area contributed by atoms with Crippen molar-refractivity contribution in [1.29, 1.82) is 0 Å². The van der Waals surface area contributed by atoms with E-state index in [1.165, 1.54) is 5.56 Å². The quantitative estimate of drug-likeness (QED) is 0.858. The van der Waals surface area contributed by atoms with Crippen LogP contribution in [0.3, 0.4) is 0 Å². The molecule has 0 bridgehead atoms. The molecule has 1 unspecified atom stereocenters. The molecule has 2 rings (SSSR count). The lowest BCUT2D eigenvalue weighted by molar-refractivity contribution is 0.403. The normalized spacial score (nSPS) is 12.6. The highest BCUT2D eigenvalue weighted by atomic mass is 16.3. The topological polar surface area (TPSA) is 38.1 Å². The predicted molar refractivity (Wildman–Crippen MR) is 67.8 cm³/mol. The lowest BCUT2D eigenvalue weighted by Gasteiger charge is -2.15. The molecule has 0 fully saturated rings. The molecule has 0 aliphatic heterocycles. The predicted octanol–water partition coefficient (Wildman–Crippen LogP) is 2.88. The van der Waals surface area contributed by atoms with Gasteiger partial charge in [0.25, 0.3) is 0 Å². The van der Waals surface area contributed by atoms with Crippen LogP contribution < -0.4 is 5.32 Å². The van der Waals surface area contributed by atoms with E-state index >= 15 is 0 Å². The third-order valence-electron chi connectivity index (χ3n) is 2.74. The number of nitrogens with zero attached hydrogens (tertiary/aromatic N) is 1. The highest BCUT2D eigenvalue weighted by Gasteiger charge is 2.14. The summed E-state index contributed by atoms with van der Waals surface area (Å²) in [5.41, 5.74) is 1.26. The number of rotatable bonds is 5. The Kier molecular flexibility index (Phi) is 3.94. The molecule has 2 aromatic rings. The first kappa shape index (κ1) is 11.9. The summed E-state index contributed by atoms with van der Waals surface area (Å²) in [7, 11) is 0. The van der Waals surface area contributed by atoms with Crippen molar-refractivity contribution in [3.05, 3.63) is 53.7 Å². The average molecular weight is 230 g/mol. The zero-order valence-electron chi connectivity index (χ0n) is 10.3. The fourth-order valence-corrected chi connectivity index (χ4v) is 1.92. The van der Waals surface area contributed by atoms with Crippen LogP contribution in [0.15, 0.2) is 41.1 Å². The van der Waals surface area contributed by atoms with Crippen LogP contribution in [0.2, 0.25) is 0 Å². The van der Waals surface area contributed by atoms with Gasteiger partial charge in [-0.3, -0.25) is 4.98 Å². The molecule has 0 saturated carbocycles. The van der Waals surface area contributed by atoms with Crippen LogP contribution in [-0.4, -0.2) is 11.5 Å². The van der Waals surface area contributed by atoms with Gasteiger partial charge in [-0.25, -0.2) is 0 Å². The summed E-state index contributed by atoms with van der Waals surface area (Å²) in [6.45, 7) is 5.00. The molecule has 2 heterocycles. The van der Waals surface area contributed by atoms with Crippen LogP contribution in [0.1, 0.15) is 30.0 Å². The summed E-state index contributed by atoms with van der Waals surface area (Å²) in [4.78, 5) is 4.03. The maximum Gasteiger partial charge on any atom is 0.121 e. The molecule has 0 radical (unpaired) electrons. The monoisotopic (exact) mass is 230 g/mol. The van der Waals surface area contributed by atoms with Crippen LogP contribution in [0.5, 0.6) is 0 Å². The van der Waals surface area contributed by atoms with Gasteiger partial charge in [0.15, 0.2) is 0 Å². The van der Waals surface area contributed by atoms with Crippen LogP contribution in [0, 0.1) is 6.92 Å². The van der Waals surface area contributed by atoms with Crippen LogP contribution in [-0.2, 0) is 6.42 Å². The first-order chi connectivity index (χ1) is 8.29. The first-order valence-electron chi connectivity index (χ1n) is 5.98. The van der Waals surface area contributed by atoms with Crippen molar-refractivity contribution in [3.63, 3.8) is 0 Å². The van der Waals surface area contributed by atoms with Crippen LogP contribution >= 0.6 is 0 Å². The van der Waals surface area contributed by atoms with E-state index in [1.54, 1.807) is 0 Å². The maximum absolute atomic E-state index is 5.69. The van der Waals surface area contributed by atoms with Gasteiger partial charge >= 0.3 is 0 Å². The van der Waals surface area contributed by atoms with Gasteiger partial charge in [0.1, 0.15) is 11.5 Å². The molecule has 3 heteroatoms. The van der Waals surface area contributed by atoms with Crippen molar-refractivity contribution in [2.75, 3.05) is 6.54 Å². The largest absolute Gasteiger partial charge is 0.465 e. The Morgan fingerprint density at radius 2 is 2.00 bits per heavy atom. The first-order valence-corrected chi connectivity index (χ1v) is 5.98. The molecule has 17 heavy (non-hydrogen) atoms. The molecule has 0 amide bonds. The minimum absolute atomic E-state index is 0.232. The zero-order chi connectivity index (χ0) is 12.1. The minimum atomic E-state index is 0.232. The molecule has 0 aliphatic rings. The summed E-state index contributed by atoms with van der Waals surface area (Å²) in [6.07, 6.45) is 4.57. The van der Waals surface area contributed by atoms with Crippen molar-refractivity contribution in [3.8, 4) is 0 Å². The van der Waals surface area contributed by atoms with Crippen molar-refractivity contribution in [1.82, 2.24) is 10.3 Å². The van der Waals surface area contributed by atoms with Gasteiger partial charge < -0.3 is 9.73 Å². The number of aromatic nitrogens is 1. The number of furan rings is 1. The molecule has 90 valence electrons. The molecule has 1 atom stereocenters. The van der Waals surface area contributed by atoms with E-state index in [0.29, 0.717) is 0 Å². The Balaban J connectivity index is 2.13. The molecule has 2 aromatic heterocycles. The maximum atomic E-state index is 5.69. The smallest absolute Gasteiger partial charge is 0.121 e. The summed E-state index contributed by atoms with van der Waals surface area (Å²) in [5, 5.41) is 3.45. The average Bonchev–Trinajstić information content (AvgIpc) is 2.77. The molecule has 0 aliphatic carbocycles. The van der Waals surface area contributed by atoms with Gasteiger partial charge in [0.2, 0.25) is 0 Å². The number of pyridine rings is 1. The molecule has 1 N–H and O–H groups in total. The molecule has 0 spiro atoms. The standard InChI is InChI=1S/C14H18N2O/c1-3-16-13(14-5-4-11(2)17-14)10-12-6-8-15-9-7-12/h4-9,13,16H,3,10H2,1-2H3. The molecule has 0 saturated heterocycles. The summed E-state index contributed by atoms with van der Waals surface area (Å²) >= 11 is 0. The Morgan fingerprint density at radius 1 is 1.24 bits per heavy atom. The molecule has 0 aromatic carbocycles. The van der Waals surface area contributed by atoms with Crippen LogP contribution in [0.4, 0.5) is 0 Å². The molecular weight excluding hydrogens is 212 g/mol. The summed E-state index contributed by atoms with van der Waals surface area (Å²) < 4.78 is 5.69. The lowest BCUT2D eigenvalue weighted by Crippen LogP contribution is -2.22. The Labute approximate surface area is 102 Å². The van der Waals surface area contributed by atoms with Gasteiger partial charge in [0.05, 0.1) is 6.04 Å². The van der Waals surface area contributed by atoms with Crippen molar-refractivity contribution in [2.45, 2.75) is 26.3 Å². The van der Waals surface area contributed by atoms with E-state index in [4.69, 9.17) is 4.42 Å². The number of hydrogen-bond acceptors (Lipinski definition) is 3. The van der Waals surface area contributed by atoms with Gasteiger partial charge in [-0.2, -0.15) is 0 Å². The number of likely N-dealkylation sites (N-methyl/N-ethyl adjacent to an activating group) is 1. The second-order valence-corrected chi connectivity index (χ2v) is 4.12. The lowest BCUT2D eigenvalue weighted by atomic mass is 10.1. The Bertz CT molecular complexity index is 450. The fraction of sp³-hybridized carbons (Fsp3) is 0.357. The molecular formula is C14H18N2O. The fourth-order valence-electron chi connectivity index (χ4n) is 1.92. The van der Waals surface area contributed by atoms with E-state index in [2.05, 4.69) is 17.2 Å². The second kappa shape index (κ2) is 5.64. The van der Waals surface area contributed by atoms with E-state index in [-0.39, 0.29) is 6.04 Å². The van der Waals surface area contributed by atoms with Gasteiger partial charge in [0, 0.05) is 12.4 Å². The Morgan fingerprint density at radius 3 is 2.59 bits per heavy atom. The Hall–Kier alpha value is -1.61. The highest BCUT2D eigenvalue weighted by Crippen LogP contribution is 2.20. The van der Waals surface area contributed by atoms with Crippen molar-refractivity contribution in [2.24, 2.45) is 0 Å². The van der Waals surface area contributed by atoms with Crippen LogP contribution in [0.25, 0.3) is 0 Å². The van der Waals surface area contributed by atoms with E-state index in [9.17, 15) is 0 Å². The van der Waals surface area contributed by atoms with Gasteiger partial charge in [-0.05, 0) is 49.7 Å². The van der Waals surface area contributed by atoms with Gasteiger partial charge in [-0.15, -0.1) is 0 Å². The SMILES string of the molecule is CCNC(Cc1ccncc1)c1ccc(C)o1. The number of nitrogens with one attached hydrogen (secondary N) is 1. The van der Waals surface area contributed by atoms with Crippen molar-refractivity contribution < 1.29 is 4.42 Å². The third-order valence-corrected chi connectivity index (χ3v) is 2.74. The van der Waals surface area contributed by atoms with E-state index < -0.39 is 0 Å². The highest BCUT2D eigenvalue weighted by molar-refractivity contribution is 5.17. The third kappa shape index (κ3) is 3.17. The summed E-state index contributed by atoms with van der Waals surface area (Å²) in [6, 6.07) is 8.37. The summed E-state index contributed by atoms with van der Waals surface area (Å²) in [5.74, 6) is 1.96. The second-order valence-electron chi connectivity index (χ2n) is 4.12. The zero-order valence-corrected chi connectivity index (χ0v) is 10.3. The number of hydrogen-bond donors (Lipinski definition) is 1. The minimum Gasteiger partial charge on any atom is -0.465 e.